The molecule has 4 rings (SSSR count). The van der Waals surface area contributed by atoms with Gasteiger partial charge in [0.15, 0.2) is 0 Å². The summed E-state index contributed by atoms with van der Waals surface area (Å²) in [6.45, 7) is -0.0167. The third-order valence-corrected chi connectivity index (χ3v) is 8.37. The number of furan rings is 1. The van der Waals surface area contributed by atoms with Crippen molar-refractivity contribution >= 4 is 62.9 Å². The predicted molar refractivity (Wildman–Crippen MR) is 155 cm³/mol. The number of rotatable bonds is 10. The van der Waals surface area contributed by atoms with Gasteiger partial charge in [0.05, 0.1) is 27.7 Å². The molecular formula is C27H22Cl3N5O5S. The summed E-state index contributed by atoms with van der Waals surface area (Å²) in [5, 5.41) is 7.24. The number of carbonyl (C=O) groups excluding carboxylic acids is 2. The second kappa shape index (κ2) is 13.7. The van der Waals surface area contributed by atoms with Crippen LogP contribution in [0.1, 0.15) is 22.6 Å². The van der Waals surface area contributed by atoms with Crippen molar-refractivity contribution < 1.29 is 22.4 Å². The minimum Gasteiger partial charge on any atom is -0.459 e. The normalized spacial score (nSPS) is 11.6. The van der Waals surface area contributed by atoms with Gasteiger partial charge < -0.3 is 9.73 Å². The Labute approximate surface area is 251 Å². The largest absolute Gasteiger partial charge is 0.459 e. The molecule has 0 spiro atoms. The number of halogens is 3. The highest BCUT2D eigenvalue weighted by atomic mass is 35.5. The van der Waals surface area contributed by atoms with Crippen LogP contribution in [-0.2, 0) is 39.2 Å². The van der Waals surface area contributed by atoms with E-state index >= 15 is 0 Å². The Bertz CT molecular complexity index is 1660. The van der Waals surface area contributed by atoms with E-state index in [4.69, 9.17) is 39.2 Å². The van der Waals surface area contributed by atoms with Crippen LogP contribution in [0.5, 0.6) is 0 Å². The standard InChI is InChI=1S/C27H22Cl3N5O5S/c28-20-2-6-23(7-3-20)41(38,39)35(16-19-1-8-24(29)25(30)13-19)17-22-5-4-21(40-22)15-33-34-27(37)26(36)32-14-18-9-11-31-12-10-18/h1-13,15H,14,16-17H2,(H,32,36)(H,34,37)/b33-15+. The van der Waals surface area contributed by atoms with Crippen LogP contribution in [0.2, 0.25) is 15.1 Å². The molecule has 4 aromatic rings. The van der Waals surface area contributed by atoms with Crippen molar-refractivity contribution in [1.29, 1.82) is 0 Å². The first kappa shape index (κ1) is 30.2. The molecule has 0 aliphatic heterocycles. The fourth-order valence-corrected chi connectivity index (χ4v) is 5.36. The van der Waals surface area contributed by atoms with Crippen LogP contribution in [0.4, 0.5) is 0 Å². The van der Waals surface area contributed by atoms with Gasteiger partial charge in [0.25, 0.3) is 0 Å². The Hall–Kier alpha value is -3.74. The van der Waals surface area contributed by atoms with Gasteiger partial charge in [-0.15, -0.1) is 0 Å². The fraction of sp³-hybridized carbons (Fsp3) is 0.111. The lowest BCUT2D eigenvalue weighted by Gasteiger charge is -2.22. The molecule has 0 saturated heterocycles. The number of benzene rings is 2. The molecule has 10 nitrogen and oxygen atoms in total. The predicted octanol–water partition coefficient (Wildman–Crippen LogP) is 4.79. The topological polar surface area (TPSA) is 134 Å². The number of hydrogen-bond acceptors (Lipinski definition) is 7. The van der Waals surface area contributed by atoms with E-state index in [1.54, 1.807) is 54.9 Å². The van der Waals surface area contributed by atoms with Crippen LogP contribution in [0, 0.1) is 0 Å². The first-order valence-electron chi connectivity index (χ1n) is 11.9. The molecule has 0 aliphatic carbocycles. The highest BCUT2D eigenvalue weighted by Crippen LogP contribution is 2.27. The number of nitrogens with zero attached hydrogens (tertiary/aromatic N) is 3. The molecular weight excluding hydrogens is 613 g/mol. The lowest BCUT2D eigenvalue weighted by Crippen LogP contribution is -2.37. The van der Waals surface area contributed by atoms with Gasteiger partial charge in [-0.2, -0.15) is 9.41 Å². The van der Waals surface area contributed by atoms with Crippen molar-refractivity contribution in [3.05, 3.63) is 117 Å². The molecule has 14 heteroatoms. The molecule has 0 aliphatic rings. The van der Waals surface area contributed by atoms with Crippen molar-refractivity contribution in [2.75, 3.05) is 0 Å². The van der Waals surface area contributed by atoms with Gasteiger partial charge in [-0.05, 0) is 71.8 Å². The Morgan fingerprint density at radius 1 is 0.878 bits per heavy atom. The van der Waals surface area contributed by atoms with Crippen LogP contribution in [-0.4, -0.2) is 35.7 Å². The molecule has 0 fully saturated rings. The van der Waals surface area contributed by atoms with E-state index in [9.17, 15) is 18.0 Å². The molecule has 0 saturated carbocycles. The summed E-state index contributed by atoms with van der Waals surface area (Å²) in [4.78, 5) is 27.9. The molecule has 2 aromatic heterocycles. The zero-order valence-electron chi connectivity index (χ0n) is 21.1. The second-order valence-corrected chi connectivity index (χ2v) is 11.7. The molecule has 2 heterocycles. The summed E-state index contributed by atoms with van der Waals surface area (Å²) in [5.41, 5.74) is 3.50. The van der Waals surface area contributed by atoms with Crippen LogP contribution in [0.3, 0.4) is 0 Å². The SMILES string of the molecule is O=C(NCc1ccncc1)C(=O)N/N=C/c1ccc(CN(Cc2ccc(Cl)c(Cl)c2)S(=O)(=O)c2ccc(Cl)cc2)o1. The summed E-state index contributed by atoms with van der Waals surface area (Å²) in [5.74, 6) is -1.32. The van der Waals surface area contributed by atoms with Gasteiger partial charge >= 0.3 is 11.8 Å². The van der Waals surface area contributed by atoms with E-state index in [0.29, 0.717) is 21.4 Å². The van der Waals surface area contributed by atoms with Crippen molar-refractivity contribution in [3.8, 4) is 0 Å². The minimum atomic E-state index is -3.99. The van der Waals surface area contributed by atoms with E-state index in [2.05, 4.69) is 20.8 Å². The van der Waals surface area contributed by atoms with Gasteiger partial charge in [0.2, 0.25) is 10.0 Å². The first-order valence-corrected chi connectivity index (χ1v) is 14.5. The van der Waals surface area contributed by atoms with Crippen molar-refractivity contribution in [3.63, 3.8) is 0 Å². The van der Waals surface area contributed by atoms with Crippen LogP contribution < -0.4 is 10.7 Å². The van der Waals surface area contributed by atoms with E-state index in [1.807, 2.05) is 0 Å². The average molecular weight is 635 g/mol. The third kappa shape index (κ3) is 8.38. The number of nitrogens with one attached hydrogen (secondary N) is 2. The number of carbonyl (C=O) groups is 2. The monoisotopic (exact) mass is 633 g/mol. The quantitative estimate of drug-likeness (QED) is 0.146. The molecule has 2 N–H and O–H groups in total. The van der Waals surface area contributed by atoms with Crippen molar-refractivity contribution in [1.82, 2.24) is 20.0 Å². The lowest BCUT2D eigenvalue weighted by atomic mass is 10.2. The summed E-state index contributed by atoms with van der Waals surface area (Å²) in [6.07, 6.45) is 4.33. The first-order chi connectivity index (χ1) is 19.6. The Balaban J connectivity index is 1.43. The maximum Gasteiger partial charge on any atom is 0.329 e. The zero-order chi connectivity index (χ0) is 29.4. The second-order valence-electron chi connectivity index (χ2n) is 8.52. The molecule has 0 bridgehead atoms. The molecule has 2 amide bonds. The zero-order valence-corrected chi connectivity index (χ0v) is 24.2. The molecule has 2 aromatic carbocycles. The Morgan fingerprint density at radius 3 is 2.32 bits per heavy atom. The van der Waals surface area contributed by atoms with Crippen LogP contribution in [0.15, 0.2) is 93.5 Å². The molecule has 212 valence electrons. The van der Waals surface area contributed by atoms with E-state index in [0.717, 1.165) is 5.56 Å². The van der Waals surface area contributed by atoms with Crippen molar-refractivity contribution in [2.24, 2.45) is 5.10 Å². The summed E-state index contributed by atoms with van der Waals surface area (Å²) in [7, 11) is -3.99. The Kier molecular flexibility index (Phi) is 10.1. The minimum absolute atomic E-state index is 0.0311. The smallest absolute Gasteiger partial charge is 0.329 e. The van der Waals surface area contributed by atoms with Crippen molar-refractivity contribution in [2.45, 2.75) is 24.5 Å². The van der Waals surface area contributed by atoms with Gasteiger partial charge in [-0.25, -0.2) is 13.8 Å². The maximum atomic E-state index is 13.5. The van der Waals surface area contributed by atoms with E-state index in [-0.39, 0.29) is 35.3 Å². The molecule has 0 unspecified atom stereocenters. The third-order valence-electron chi connectivity index (χ3n) is 5.58. The van der Waals surface area contributed by atoms with E-state index < -0.39 is 21.8 Å². The van der Waals surface area contributed by atoms with Crippen LogP contribution in [0.25, 0.3) is 0 Å². The van der Waals surface area contributed by atoms with Gasteiger partial charge in [0.1, 0.15) is 11.5 Å². The number of sulfonamides is 1. The van der Waals surface area contributed by atoms with Gasteiger partial charge in [0, 0.05) is 30.5 Å². The van der Waals surface area contributed by atoms with Crippen LogP contribution >= 0.6 is 34.8 Å². The highest BCUT2D eigenvalue weighted by Gasteiger charge is 2.26. The number of amides is 2. The molecule has 0 atom stereocenters. The summed E-state index contributed by atoms with van der Waals surface area (Å²) >= 11 is 18.1. The average Bonchev–Trinajstić information content (AvgIpc) is 3.41. The molecule has 0 radical (unpaired) electrons. The Morgan fingerprint density at radius 2 is 1.61 bits per heavy atom. The fourth-order valence-electron chi connectivity index (χ4n) is 3.51. The van der Waals surface area contributed by atoms with Gasteiger partial charge in [-0.3, -0.25) is 14.6 Å². The summed E-state index contributed by atoms with van der Waals surface area (Å²) < 4.78 is 34.0. The number of aromatic nitrogens is 1. The maximum absolute atomic E-state index is 13.5. The lowest BCUT2D eigenvalue weighted by molar-refractivity contribution is -0.139. The number of hydrazone groups is 1. The highest BCUT2D eigenvalue weighted by molar-refractivity contribution is 7.89. The summed E-state index contributed by atoms with van der Waals surface area (Å²) in [6, 6.07) is 17.2. The van der Waals surface area contributed by atoms with E-state index in [1.165, 1.54) is 34.8 Å². The number of pyridine rings is 1. The van der Waals surface area contributed by atoms with Gasteiger partial charge in [-0.1, -0.05) is 40.9 Å². The molecule has 41 heavy (non-hydrogen) atoms. The number of hydrogen-bond donors (Lipinski definition) is 2.